The third-order valence-corrected chi connectivity index (χ3v) is 2.25. The summed E-state index contributed by atoms with van der Waals surface area (Å²) in [7, 11) is 1.66. The number of methoxy groups -OCH3 is 1. The van der Waals surface area contributed by atoms with Crippen LogP contribution in [0.3, 0.4) is 0 Å². The largest absolute Gasteiger partial charge is 0.388 e. The third kappa shape index (κ3) is 2.73. The van der Waals surface area contributed by atoms with E-state index < -0.39 is 0 Å². The van der Waals surface area contributed by atoms with Gasteiger partial charge in [-0.1, -0.05) is 17.4 Å². The highest BCUT2D eigenvalue weighted by Crippen LogP contribution is 2.12. The van der Waals surface area contributed by atoms with E-state index in [1.54, 1.807) is 7.11 Å². The lowest BCUT2D eigenvalue weighted by Gasteiger charge is -2.10. The number of hydrogen-bond acceptors (Lipinski definition) is 4. The Labute approximate surface area is 94.6 Å². The van der Waals surface area contributed by atoms with Crippen LogP contribution in [0.5, 0.6) is 0 Å². The molecule has 0 fully saturated rings. The van der Waals surface area contributed by atoms with Crippen molar-refractivity contribution in [2.75, 3.05) is 13.7 Å². The SMILES string of the molecule is COCCc1c(C(N)=S)nnn1C(C)C. The molecule has 5 nitrogen and oxygen atoms in total. The van der Waals surface area contributed by atoms with Crippen LogP contribution in [-0.4, -0.2) is 33.7 Å². The van der Waals surface area contributed by atoms with Crippen molar-refractivity contribution in [3.05, 3.63) is 11.4 Å². The highest BCUT2D eigenvalue weighted by atomic mass is 32.1. The van der Waals surface area contributed by atoms with Crippen molar-refractivity contribution in [2.24, 2.45) is 5.73 Å². The molecule has 0 amide bonds. The van der Waals surface area contributed by atoms with Crippen LogP contribution in [0.25, 0.3) is 0 Å². The molecule has 0 radical (unpaired) electrons. The van der Waals surface area contributed by atoms with Gasteiger partial charge in [-0.3, -0.25) is 0 Å². The predicted octanol–water partition coefficient (Wildman–Crippen LogP) is 0.682. The lowest BCUT2D eigenvalue weighted by atomic mass is 10.2. The lowest BCUT2D eigenvalue weighted by molar-refractivity contribution is 0.199. The van der Waals surface area contributed by atoms with Gasteiger partial charge in [-0.25, -0.2) is 4.68 Å². The van der Waals surface area contributed by atoms with E-state index in [-0.39, 0.29) is 11.0 Å². The van der Waals surface area contributed by atoms with Crippen LogP contribution in [0.4, 0.5) is 0 Å². The first-order valence-corrected chi connectivity index (χ1v) is 5.21. The summed E-state index contributed by atoms with van der Waals surface area (Å²) in [5.74, 6) is 0. The minimum Gasteiger partial charge on any atom is -0.388 e. The molecule has 0 aromatic carbocycles. The second-order valence-electron chi connectivity index (χ2n) is 3.53. The van der Waals surface area contributed by atoms with Crippen molar-refractivity contribution in [3.63, 3.8) is 0 Å². The minimum absolute atomic E-state index is 0.243. The fourth-order valence-corrected chi connectivity index (χ4v) is 1.51. The summed E-state index contributed by atoms with van der Waals surface area (Å²) < 4.78 is 6.86. The number of thiocarbonyl (C=S) groups is 1. The molecule has 1 heterocycles. The van der Waals surface area contributed by atoms with E-state index in [1.807, 2.05) is 18.5 Å². The number of rotatable bonds is 5. The molecule has 15 heavy (non-hydrogen) atoms. The monoisotopic (exact) mass is 228 g/mol. The zero-order chi connectivity index (χ0) is 11.4. The summed E-state index contributed by atoms with van der Waals surface area (Å²) in [6, 6.07) is 0.243. The van der Waals surface area contributed by atoms with Crippen LogP contribution in [0.1, 0.15) is 31.3 Å². The second-order valence-corrected chi connectivity index (χ2v) is 3.97. The van der Waals surface area contributed by atoms with E-state index in [4.69, 9.17) is 22.7 Å². The van der Waals surface area contributed by atoms with Gasteiger partial charge in [0.25, 0.3) is 0 Å². The average molecular weight is 228 g/mol. The molecule has 0 aliphatic rings. The maximum Gasteiger partial charge on any atom is 0.143 e. The molecule has 1 aromatic heterocycles. The first-order chi connectivity index (χ1) is 7.07. The van der Waals surface area contributed by atoms with Gasteiger partial charge >= 0.3 is 0 Å². The molecule has 2 N–H and O–H groups in total. The van der Waals surface area contributed by atoms with E-state index >= 15 is 0 Å². The lowest BCUT2D eigenvalue weighted by Crippen LogP contribution is -2.16. The molecule has 84 valence electrons. The Morgan fingerprint density at radius 2 is 2.27 bits per heavy atom. The summed E-state index contributed by atoms with van der Waals surface area (Å²) in [4.78, 5) is 0.285. The first kappa shape index (κ1) is 12.1. The second kappa shape index (κ2) is 5.18. The van der Waals surface area contributed by atoms with Crippen molar-refractivity contribution in [3.8, 4) is 0 Å². The Kier molecular flexibility index (Phi) is 4.16. The smallest absolute Gasteiger partial charge is 0.143 e. The van der Waals surface area contributed by atoms with Crippen LogP contribution in [0.2, 0.25) is 0 Å². The molecule has 0 unspecified atom stereocenters. The number of ether oxygens (including phenoxy) is 1. The van der Waals surface area contributed by atoms with Gasteiger partial charge in [0.05, 0.1) is 12.3 Å². The highest BCUT2D eigenvalue weighted by molar-refractivity contribution is 7.80. The van der Waals surface area contributed by atoms with Gasteiger partial charge in [0.2, 0.25) is 0 Å². The summed E-state index contributed by atoms with van der Waals surface area (Å²) in [5, 5.41) is 8.01. The topological polar surface area (TPSA) is 66.0 Å². The molecule has 0 saturated carbocycles. The Bertz CT molecular complexity index is 348. The van der Waals surface area contributed by atoms with Crippen molar-refractivity contribution >= 4 is 17.2 Å². The van der Waals surface area contributed by atoms with Crippen LogP contribution in [0.15, 0.2) is 0 Å². The van der Waals surface area contributed by atoms with Gasteiger partial charge < -0.3 is 10.5 Å². The van der Waals surface area contributed by atoms with E-state index in [2.05, 4.69) is 10.3 Å². The highest BCUT2D eigenvalue weighted by Gasteiger charge is 2.16. The van der Waals surface area contributed by atoms with Gasteiger partial charge in [-0.15, -0.1) is 5.10 Å². The number of nitrogens with zero attached hydrogens (tertiary/aromatic N) is 3. The van der Waals surface area contributed by atoms with Gasteiger partial charge in [-0.05, 0) is 13.8 Å². The normalized spacial score (nSPS) is 10.9. The standard InChI is InChI=1S/C9H16N4OS/c1-6(2)13-7(4-5-14-3)8(9(10)15)11-12-13/h6H,4-5H2,1-3H3,(H2,10,15). The maximum atomic E-state index is 5.57. The van der Waals surface area contributed by atoms with E-state index in [9.17, 15) is 0 Å². The summed E-state index contributed by atoms with van der Waals surface area (Å²) in [6.07, 6.45) is 0.717. The Morgan fingerprint density at radius 1 is 1.60 bits per heavy atom. The van der Waals surface area contributed by atoms with Gasteiger partial charge in [0.1, 0.15) is 10.7 Å². The molecule has 0 saturated heterocycles. The molecule has 0 aliphatic heterocycles. The molecule has 1 aromatic rings. The summed E-state index contributed by atoms with van der Waals surface area (Å²) in [6.45, 7) is 4.68. The fourth-order valence-electron chi connectivity index (χ4n) is 1.35. The Morgan fingerprint density at radius 3 is 2.73 bits per heavy atom. The quantitative estimate of drug-likeness (QED) is 0.751. The molecule has 0 atom stereocenters. The van der Waals surface area contributed by atoms with E-state index in [1.165, 1.54) is 0 Å². The molecular weight excluding hydrogens is 212 g/mol. The average Bonchev–Trinajstić information content (AvgIpc) is 2.57. The zero-order valence-electron chi connectivity index (χ0n) is 9.23. The van der Waals surface area contributed by atoms with Crippen molar-refractivity contribution in [1.82, 2.24) is 15.0 Å². The van der Waals surface area contributed by atoms with Gasteiger partial charge in [0.15, 0.2) is 0 Å². The maximum absolute atomic E-state index is 5.57. The number of hydrogen-bond donors (Lipinski definition) is 1. The first-order valence-electron chi connectivity index (χ1n) is 4.80. The molecule has 0 aliphatic carbocycles. The summed E-state index contributed by atoms with van der Waals surface area (Å²) in [5.41, 5.74) is 7.13. The Hall–Kier alpha value is -1.01. The van der Waals surface area contributed by atoms with Gasteiger partial charge in [0, 0.05) is 19.6 Å². The molecule has 6 heteroatoms. The van der Waals surface area contributed by atoms with Crippen molar-refractivity contribution in [2.45, 2.75) is 26.3 Å². The fraction of sp³-hybridized carbons (Fsp3) is 0.667. The van der Waals surface area contributed by atoms with E-state index in [0.29, 0.717) is 18.7 Å². The molecule has 0 bridgehead atoms. The molecule has 0 spiro atoms. The number of nitrogens with two attached hydrogens (primary N) is 1. The minimum atomic E-state index is 0.243. The summed E-state index contributed by atoms with van der Waals surface area (Å²) >= 11 is 4.92. The van der Waals surface area contributed by atoms with Crippen molar-refractivity contribution < 1.29 is 4.74 Å². The Balaban J connectivity index is 3.03. The molecular formula is C9H16N4OS. The van der Waals surface area contributed by atoms with Crippen LogP contribution in [0, 0.1) is 0 Å². The molecule has 1 rings (SSSR count). The van der Waals surface area contributed by atoms with Crippen LogP contribution in [-0.2, 0) is 11.2 Å². The zero-order valence-corrected chi connectivity index (χ0v) is 10.0. The van der Waals surface area contributed by atoms with Crippen LogP contribution >= 0.6 is 12.2 Å². The third-order valence-electron chi connectivity index (χ3n) is 2.06. The van der Waals surface area contributed by atoms with Crippen molar-refractivity contribution in [1.29, 1.82) is 0 Å². The van der Waals surface area contributed by atoms with E-state index in [0.717, 1.165) is 5.69 Å². The predicted molar refractivity (Wildman–Crippen MR) is 61.9 cm³/mol. The van der Waals surface area contributed by atoms with Gasteiger partial charge in [-0.2, -0.15) is 0 Å². The van der Waals surface area contributed by atoms with Crippen LogP contribution < -0.4 is 5.73 Å². The number of aromatic nitrogens is 3.